The van der Waals surface area contributed by atoms with E-state index >= 15 is 0 Å². The van der Waals surface area contributed by atoms with Gasteiger partial charge in [-0.25, -0.2) is 5.48 Å². The van der Waals surface area contributed by atoms with E-state index in [-0.39, 0.29) is 43.9 Å². The lowest BCUT2D eigenvalue weighted by molar-refractivity contribution is -0.142. The number of amides is 11. The number of hydrogen-bond acceptors (Lipinski definition) is 16. The van der Waals surface area contributed by atoms with E-state index < -0.39 is 139 Å². The maximum atomic E-state index is 14.4. The van der Waals surface area contributed by atoms with E-state index in [1.807, 2.05) is 0 Å². The van der Waals surface area contributed by atoms with E-state index in [1.165, 1.54) is 10.4 Å². The molecule has 2 fully saturated rings. The standard InChI is InChI=1S/C41H63N13O12S2/c1-3-21(2)33-40(64)50-27(17-32(57)53-66)37(61)49-26(16-30(44)55)36(60)51-28(20-68-67-19-23(43)34(58)48-25(38(62)52-33)15-22-9-5-4-6-10-22)41(65)54-14-8-12-29(54)39(63)47-24(11-7-13-42)35(59)46-18-31(45)56/h4-6,9-10,21,23-29,33,66H,3,7-8,11-20,42-43H2,1-2H3,(H2,44,55)(H2,45,56)(H,46,59)(H,47,63)(H,48,58)(H,49,61)(H,50,64)(H,51,60)(H,52,62)(H,53,57)/t21-,23-,24-,25-,26-,27-,28-,29-,33-/m0/s1. The summed E-state index contributed by atoms with van der Waals surface area (Å²) in [4.78, 5) is 148. The first kappa shape index (κ1) is 56.3. The number of carbonyl (C=O) groups excluding carboxylic acids is 11. The summed E-state index contributed by atoms with van der Waals surface area (Å²) >= 11 is 0. The number of nitrogens with two attached hydrogens (primary N) is 4. The van der Waals surface area contributed by atoms with Gasteiger partial charge in [-0.3, -0.25) is 57.9 Å². The molecule has 25 nitrogen and oxygen atoms in total. The van der Waals surface area contributed by atoms with Crippen LogP contribution in [-0.4, -0.2) is 155 Å². The molecule has 2 saturated heterocycles. The Hall–Kier alpha value is -6.03. The molecule has 0 radical (unpaired) electrons. The monoisotopic (exact) mass is 993 g/mol. The van der Waals surface area contributed by atoms with Crippen LogP contribution in [0.5, 0.6) is 0 Å². The molecule has 3 rings (SSSR count). The van der Waals surface area contributed by atoms with Crippen molar-refractivity contribution in [3.63, 3.8) is 0 Å². The van der Waals surface area contributed by atoms with Crippen molar-refractivity contribution < 1.29 is 57.9 Å². The van der Waals surface area contributed by atoms with E-state index in [1.54, 1.807) is 44.2 Å². The molecule has 11 amide bonds. The minimum Gasteiger partial charge on any atom is -0.370 e. The Morgan fingerprint density at radius 3 is 2.07 bits per heavy atom. The molecule has 0 unspecified atom stereocenters. The first-order valence-electron chi connectivity index (χ1n) is 21.9. The van der Waals surface area contributed by atoms with Crippen molar-refractivity contribution >= 4 is 86.6 Å². The number of likely N-dealkylation sites (tertiary alicyclic amines) is 1. The highest BCUT2D eigenvalue weighted by atomic mass is 33.1. The summed E-state index contributed by atoms with van der Waals surface area (Å²) in [6, 6.07) is -2.66. The third kappa shape index (κ3) is 17.9. The van der Waals surface area contributed by atoms with Crippen molar-refractivity contribution in [2.24, 2.45) is 28.9 Å². The normalized spacial score (nSPS) is 24.3. The highest BCUT2D eigenvalue weighted by Gasteiger charge is 2.41. The van der Waals surface area contributed by atoms with Crippen LogP contribution in [0.3, 0.4) is 0 Å². The molecule has 0 bridgehead atoms. The maximum absolute atomic E-state index is 14.4. The number of carbonyl (C=O) groups is 11. The number of benzene rings is 1. The largest absolute Gasteiger partial charge is 0.370 e. The molecule has 27 heteroatoms. The molecule has 2 aliphatic rings. The summed E-state index contributed by atoms with van der Waals surface area (Å²) in [5.41, 5.74) is 24.6. The molecule has 0 aliphatic carbocycles. The van der Waals surface area contributed by atoms with Crippen LogP contribution in [0.2, 0.25) is 0 Å². The van der Waals surface area contributed by atoms with Crippen molar-refractivity contribution in [2.45, 2.75) is 114 Å². The molecule has 68 heavy (non-hydrogen) atoms. The molecule has 2 aliphatic heterocycles. The van der Waals surface area contributed by atoms with Crippen molar-refractivity contribution in [3.05, 3.63) is 35.9 Å². The Kier molecular flexibility index (Phi) is 23.5. The van der Waals surface area contributed by atoms with Gasteiger partial charge in [-0.15, -0.1) is 0 Å². The molecule has 376 valence electrons. The molecular weight excluding hydrogens is 931 g/mol. The van der Waals surface area contributed by atoms with Gasteiger partial charge in [0.05, 0.1) is 25.4 Å². The van der Waals surface area contributed by atoms with E-state index in [0.29, 0.717) is 24.8 Å². The Balaban J connectivity index is 2.04. The molecule has 0 aromatic heterocycles. The second-order valence-electron chi connectivity index (χ2n) is 16.3. The van der Waals surface area contributed by atoms with Gasteiger partial charge in [0, 0.05) is 24.5 Å². The fraction of sp³-hybridized carbons (Fsp3) is 0.585. The number of hydroxylamine groups is 1. The molecule has 9 atom stereocenters. The zero-order valence-corrected chi connectivity index (χ0v) is 39.4. The molecule has 2 heterocycles. The van der Waals surface area contributed by atoms with Gasteiger partial charge < -0.3 is 65.1 Å². The van der Waals surface area contributed by atoms with Crippen LogP contribution in [0.25, 0.3) is 0 Å². The summed E-state index contributed by atoms with van der Waals surface area (Å²) in [7, 11) is 2.03. The molecule has 1 aromatic rings. The SMILES string of the molecule is CC[C@H](C)[C@@H]1NC(=O)[C@H](Cc2ccccc2)NC(=O)[C@@H](N)CSSC[C@@H](C(=O)N2CCC[C@H]2C(=O)N[C@@H](CCCN)C(=O)NCC(N)=O)NC(=O)[C@H](CC(N)=O)NC(=O)[C@H](CC(=O)NO)NC1=O. The smallest absolute Gasteiger partial charge is 0.246 e. The molecule has 1 aromatic carbocycles. The lowest BCUT2D eigenvalue weighted by Gasteiger charge is -2.31. The van der Waals surface area contributed by atoms with Gasteiger partial charge in [0.2, 0.25) is 65.0 Å². The Labute approximate surface area is 400 Å². The first-order valence-corrected chi connectivity index (χ1v) is 24.4. The zero-order chi connectivity index (χ0) is 50.5. The topological polar surface area (TPSA) is 412 Å². The van der Waals surface area contributed by atoms with E-state index in [2.05, 4.69) is 37.2 Å². The third-order valence-electron chi connectivity index (χ3n) is 11.0. The quantitative estimate of drug-likeness (QED) is 0.0395. The van der Waals surface area contributed by atoms with E-state index in [9.17, 15) is 57.9 Å². The Morgan fingerprint density at radius 2 is 1.44 bits per heavy atom. The Bertz CT molecular complexity index is 1990. The van der Waals surface area contributed by atoms with Crippen molar-refractivity contribution in [3.8, 4) is 0 Å². The maximum Gasteiger partial charge on any atom is 0.246 e. The summed E-state index contributed by atoms with van der Waals surface area (Å²) < 4.78 is 0. The van der Waals surface area contributed by atoms with E-state index in [4.69, 9.17) is 22.9 Å². The third-order valence-corrected chi connectivity index (χ3v) is 13.5. The average Bonchev–Trinajstić information content (AvgIpc) is 3.81. The second kappa shape index (κ2) is 28.3. The second-order valence-corrected chi connectivity index (χ2v) is 18.8. The van der Waals surface area contributed by atoms with E-state index in [0.717, 1.165) is 21.6 Å². The van der Waals surface area contributed by atoms with Gasteiger partial charge in [-0.2, -0.15) is 0 Å². The van der Waals surface area contributed by atoms with Crippen molar-refractivity contribution in [1.29, 1.82) is 0 Å². The zero-order valence-electron chi connectivity index (χ0n) is 37.8. The minimum atomic E-state index is -1.84. The van der Waals surface area contributed by atoms with Crippen LogP contribution in [0.4, 0.5) is 0 Å². The Morgan fingerprint density at radius 1 is 0.824 bits per heavy atom. The molecule has 0 spiro atoms. The number of rotatable bonds is 17. The average molecular weight is 994 g/mol. The van der Waals surface area contributed by atoms with Crippen LogP contribution in [0.1, 0.15) is 64.4 Å². The van der Waals surface area contributed by atoms with Gasteiger partial charge in [-0.1, -0.05) is 72.2 Å². The van der Waals surface area contributed by atoms with Crippen LogP contribution in [-0.2, 0) is 59.2 Å². The summed E-state index contributed by atoms with van der Waals surface area (Å²) in [5.74, 6) is -11.0. The van der Waals surface area contributed by atoms with Gasteiger partial charge in [0.25, 0.3) is 0 Å². The number of hydrogen-bond donors (Lipinski definition) is 13. The van der Waals surface area contributed by atoms with Crippen LogP contribution < -0.4 is 65.6 Å². The minimum absolute atomic E-state index is 0.0264. The van der Waals surface area contributed by atoms with Crippen molar-refractivity contribution in [1.82, 2.24) is 47.6 Å². The summed E-state index contributed by atoms with van der Waals surface area (Å²) in [6.45, 7) is 3.06. The van der Waals surface area contributed by atoms with Crippen LogP contribution in [0, 0.1) is 5.92 Å². The number of nitrogens with zero attached hydrogens (tertiary/aromatic N) is 1. The molecule has 0 saturated carbocycles. The molecular formula is C41H63N13O12S2. The predicted molar refractivity (Wildman–Crippen MR) is 248 cm³/mol. The summed E-state index contributed by atoms with van der Waals surface area (Å²) in [6.07, 6.45) is -0.594. The highest BCUT2D eigenvalue weighted by Crippen LogP contribution is 2.26. The van der Waals surface area contributed by atoms with Gasteiger partial charge in [0.15, 0.2) is 0 Å². The van der Waals surface area contributed by atoms with Crippen LogP contribution in [0.15, 0.2) is 30.3 Å². The summed E-state index contributed by atoms with van der Waals surface area (Å²) in [5, 5.41) is 26.8. The van der Waals surface area contributed by atoms with Gasteiger partial charge in [0.1, 0.15) is 42.3 Å². The lowest BCUT2D eigenvalue weighted by atomic mass is 9.96. The van der Waals surface area contributed by atoms with Crippen molar-refractivity contribution in [2.75, 3.05) is 31.1 Å². The number of primary amides is 2. The lowest BCUT2D eigenvalue weighted by Crippen LogP contribution is -2.62. The first-order chi connectivity index (χ1) is 32.3. The van der Waals surface area contributed by atoms with Crippen LogP contribution >= 0.6 is 21.6 Å². The van der Waals surface area contributed by atoms with Gasteiger partial charge >= 0.3 is 0 Å². The van der Waals surface area contributed by atoms with Gasteiger partial charge in [-0.05, 0) is 43.7 Å². The molecule has 17 N–H and O–H groups in total. The highest BCUT2D eigenvalue weighted by molar-refractivity contribution is 8.76. The fourth-order valence-electron chi connectivity index (χ4n) is 7.10. The number of nitrogens with one attached hydrogen (secondary N) is 8. The fourth-order valence-corrected chi connectivity index (χ4v) is 9.38. The predicted octanol–water partition coefficient (Wildman–Crippen LogP) is -4.99.